The molecular formula is C53H36. The first-order valence-electron chi connectivity index (χ1n) is 18.7. The Morgan fingerprint density at radius 1 is 0.283 bits per heavy atom. The fourth-order valence-electron chi connectivity index (χ4n) is 9.61. The second-order valence-electron chi connectivity index (χ2n) is 15.2. The Labute approximate surface area is 309 Å². The van der Waals surface area contributed by atoms with Crippen molar-refractivity contribution >= 4 is 53.9 Å². The molecule has 0 nitrogen and oxygen atoms in total. The van der Waals surface area contributed by atoms with Crippen LogP contribution in [0, 0.1) is 0 Å². The third kappa shape index (κ3) is 4.30. The van der Waals surface area contributed by atoms with Crippen LogP contribution in [0.5, 0.6) is 0 Å². The van der Waals surface area contributed by atoms with Gasteiger partial charge in [0.15, 0.2) is 0 Å². The number of hydrogen-bond donors (Lipinski definition) is 0. The minimum Gasteiger partial charge on any atom is -0.0616 e. The summed E-state index contributed by atoms with van der Waals surface area (Å²) in [4.78, 5) is 0. The highest BCUT2D eigenvalue weighted by Gasteiger charge is 2.37. The highest BCUT2D eigenvalue weighted by Crippen LogP contribution is 2.54. The average Bonchev–Trinajstić information content (AvgIpc) is 3.45. The normalized spacial score (nSPS) is 13.2. The van der Waals surface area contributed by atoms with E-state index in [-0.39, 0.29) is 5.41 Å². The molecule has 53 heavy (non-hydrogen) atoms. The van der Waals surface area contributed by atoms with Crippen molar-refractivity contribution in [1.29, 1.82) is 0 Å². The summed E-state index contributed by atoms with van der Waals surface area (Å²) < 4.78 is 0. The van der Waals surface area contributed by atoms with Crippen molar-refractivity contribution in [3.8, 4) is 44.5 Å². The Balaban J connectivity index is 1.17. The van der Waals surface area contributed by atoms with Gasteiger partial charge in [-0.3, -0.25) is 0 Å². The van der Waals surface area contributed by atoms with Crippen LogP contribution in [-0.4, -0.2) is 0 Å². The highest BCUT2D eigenvalue weighted by atomic mass is 14.4. The topological polar surface area (TPSA) is 0 Å². The molecule has 0 N–H and O–H groups in total. The van der Waals surface area contributed by atoms with Gasteiger partial charge in [-0.05, 0) is 116 Å². The largest absolute Gasteiger partial charge is 0.0616 e. The summed E-state index contributed by atoms with van der Waals surface area (Å²) in [7, 11) is 0. The van der Waals surface area contributed by atoms with Gasteiger partial charge >= 0.3 is 0 Å². The number of rotatable bonds is 3. The van der Waals surface area contributed by atoms with E-state index >= 15 is 0 Å². The van der Waals surface area contributed by atoms with Gasteiger partial charge in [0.2, 0.25) is 0 Å². The Morgan fingerprint density at radius 3 is 1.32 bits per heavy atom. The molecular weight excluding hydrogens is 637 g/mol. The van der Waals surface area contributed by atoms with E-state index in [9.17, 15) is 0 Å². The third-order valence-corrected chi connectivity index (χ3v) is 12.1. The molecule has 248 valence electrons. The molecule has 0 aliphatic heterocycles. The van der Waals surface area contributed by atoms with Crippen LogP contribution in [0.2, 0.25) is 0 Å². The van der Waals surface area contributed by atoms with E-state index in [1.807, 2.05) is 0 Å². The molecule has 10 aromatic rings. The highest BCUT2D eigenvalue weighted by molar-refractivity contribution is 6.25. The monoisotopic (exact) mass is 672 g/mol. The van der Waals surface area contributed by atoms with Gasteiger partial charge in [0.05, 0.1) is 0 Å². The molecule has 0 atom stereocenters. The summed E-state index contributed by atoms with van der Waals surface area (Å²) in [6.45, 7) is 4.79. The summed E-state index contributed by atoms with van der Waals surface area (Å²) in [6.07, 6.45) is 0. The van der Waals surface area contributed by atoms with Gasteiger partial charge in [0, 0.05) is 5.41 Å². The maximum atomic E-state index is 2.46. The van der Waals surface area contributed by atoms with Crippen LogP contribution >= 0.6 is 0 Å². The Kier molecular flexibility index (Phi) is 6.40. The molecule has 0 aromatic heterocycles. The fraction of sp³-hybridized carbons (Fsp3) is 0.0566. The second kappa shape index (κ2) is 11.2. The molecule has 0 radical (unpaired) electrons. The van der Waals surface area contributed by atoms with E-state index in [0.29, 0.717) is 0 Å². The lowest BCUT2D eigenvalue weighted by atomic mass is 9.80. The predicted molar refractivity (Wildman–Crippen MR) is 228 cm³/mol. The second-order valence-corrected chi connectivity index (χ2v) is 15.2. The molecule has 1 aliphatic carbocycles. The van der Waals surface area contributed by atoms with Gasteiger partial charge < -0.3 is 0 Å². The molecule has 1 aliphatic rings. The summed E-state index contributed by atoms with van der Waals surface area (Å²) in [5.74, 6) is 0. The standard InChI is InChI=1S/C53H36/c1-53(2)48-31-30-39-41(26-13-27-42(39)52(48)47-29-28-35(32-49(47)53)38-24-11-16-33-14-3-5-18-36(33)38)51-45-22-9-7-20-43(45)50(44-21-8-10-23-46(44)51)40-25-12-17-34-15-4-6-19-37(34)40/h3-32H,1-2H3. The van der Waals surface area contributed by atoms with Gasteiger partial charge in [-0.1, -0.05) is 190 Å². The molecule has 0 fully saturated rings. The van der Waals surface area contributed by atoms with Crippen molar-refractivity contribution in [2.45, 2.75) is 19.3 Å². The van der Waals surface area contributed by atoms with Crippen LogP contribution in [-0.2, 0) is 5.41 Å². The van der Waals surface area contributed by atoms with E-state index < -0.39 is 0 Å². The predicted octanol–water partition coefficient (Wildman–Crippen LogP) is 14.8. The van der Waals surface area contributed by atoms with Gasteiger partial charge in [0.25, 0.3) is 0 Å². The van der Waals surface area contributed by atoms with Crippen LogP contribution in [0.25, 0.3) is 98.4 Å². The maximum Gasteiger partial charge on any atom is 0.0159 e. The molecule has 0 saturated carbocycles. The zero-order valence-corrected chi connectivity index (χ0v) is 29.8. The van der Waals surface area contributed by atoms with Crippen LogP contribution < -0.4 is 0 Å². The SMILES string of the molecule is CC1(C)c2cc(-c3cccc4ccccc34)ccc2-c2c1ccc1c(-c3c4ccccc4c(-c4cccc5ccccc45)c4ccccc34)cccc21. The molecule has 11 rings (SSSR count). The van der Waals surface area contributed by atoms with Gasteiger partial charge in [-0.25, -0.2) is 0 Å². The average molecular weight is 673 g/mol. The lowest BCUT2D eigenvalue weighted by molar-refractivity contribution is 0.661. The quantitative estimate of drug-likeness (QED) is 0.164. The molecule has 10 aromatic carbocycles. The van der Waals surface area contributed by atoms with Crippen LogP contribution in [0.3, 0.4) is 0 Å². The molecule has 0 spiro atoms. The van der Waals surface area contributed by atoms with Crippen LogP contribution in [0.15, 0.2) is 182 Å². The Hall–Kier alpha value is -6.50. The van der Waals surface area contributed by atoms with Crippen molar-refractivity contribution in [3.63, 3.8) is 0 Å². The van der Waals surface area contributed by atoms with Crippen molar-refractivity contribution in [1.82, 2.24) is 0 Å². The first-order chi connectivity index (χ1) is 26.1. The Bertz CT molecular complexity index is 3070. The molecule has 0 bridgehead atoms. The molecule has 0 heterocycles. The van der Waals surface area contributed by atoms with Crippen LogP contribution in [0.4, 0.5) is 0 Å². The summed E-state index contributed by atoms with van der Waals surface area (Å²) in [5.41, 5.74) is 13.1. The number of fused-ring (bicyclic) bond motifs is 9. The maximum absolute atomic E-state index is 2.46. The summed E-state index contributed by atoms with van der Waals surface area (Å²) >= 11 is 0. The number of hydrogen-bond acceptors (Lipinski definition) is 0. The summed E-state index contributed by atoms with van der Waals surface area (Å²) in [5, 5.41) is 12.8. The van der Waals surface area contributed by atoms with E-state index in [1.54, 1.807) is 0 Å². The van der Waals surface area contributed by atoms with Crippen molar-refractivity contribution in [2.75, 3.05) is 0 Å². The van der Waals surface area contributed by atoms with Gasteiger partial charge in [-0.2, -0.15) is 0 Å². The van der Waals surface area contributed by atoms with Crippen molar-refractivity contribution < 1.29 is 0 Å². The summed E-state index contributed by atoms with van der Waals surface area (Å²) in [6, 6.07) is 67.9. The van der Waals surface area contributed by atoms with E-state index in [1.165, 1.54) is 109 Å². The fourth-order valence-corrected chi connectivity index (χ4v) is 9.61. The van der Waals surface area contributed by atoms with E-state index in [2.05, 4.69) is 196 Å². The van der Waals surface area contributed by atoms with Crippen LogP contribution in [0.1, 0.15) is 25.0 Å². The van der Waals surface area contributed by atoms with Crippen molar-refractivity contribution in [2.24, 2.45) is 0 Å². The first kappa shape index (κ1) is 30.2. The van der Waals surface area contributed by atoms with Gasteiger partial charge in [-0.15, -0.1) is 0 Å². The third-order valence-electron chi connectivity index (χ3n) is 12.1. The van der Waals surface area contributed by atoms with Gasteiger partial charge in [0.1, 0.15) is 0 Å². The lowest BCUT2D eigenvalue weighted by Gasteiger charge is -2.23. The van der Waals surface area contributed by atoms with E-state index in [0.717, 1.165) is 0 Å². The van der Waals surface area contributed by atoms with E-state index in [4.69, 9.17) is 0 Å². The minimum atomic E-state index is -0.130. The lowest BCUT2D eigenvalue weighted by Crippen LogP contribution is -2.15. The zero-order valence-electron chi connectivity index (χ0n) is 29.8. The van der Waals surface area contributed by atoms with Crippen molar-refractivity contribution in [3.05, 3.63) is 193 Å². The zero-order chi connectivity index (χ0) is 35.3. The Morgan fingerprint density at radius 2 is 0.717 bits per heavy atom. The minimum absolute atomic E-state index is 0.130. The molecule has 0 saturated heterocycles. The first-order valence-corrected chi connectivity index (χ1v) is 18.7. The molecule has 0 amide bonds. The molecule has 0 heteroatoms. The smallest absolute Gasteiger partial charge is 0.0159 e. The molecule has 0 unspecified atom stereocenters. The number of benzene rings is 10.